The largest absolute Gasteiger partial charge is 0.297 e. The topological polar surface area (TPSA) is 17.3 Å². The van der Waals surface area contributed by atoms with Crippen LogP contribution in [0.4, 0.5) is 0 Å². The van der Waals surface area contributed by atoms with Gasteiger partial charge in [-0.3, -0.25) is 4.40 Å². The molecule has 19 heavy (non-hydrogen) atoms. The van der Waals surface area contributed by atoms with Gasteiger partial charge in [-0.1, -0.05) is 29.3 Å². The lowest BCUT2D eigenvalue weighted by atomic mass is 10.1. The smallest absolute Gasteiger partial charge is 0.137 e. The minimum atomic E-state index is 0.555. The van der Waals surface area contributed by atoms with E-state index in [2.05, 4.69) is 35.4 Å². The second-order valence-corrected chi connectivity index (χ2v) is 5.45. The highest BCUT2D eigenvalue weighted by Crippen LogP contribution is 2.29. The summed E-state index contributed by atoms with van der Waals surface area (Å²) < 4.78 is 2.12. The average molecular weight is 291 g/mol. The number of hydrogen-bond donors (Lipinski definition) is 0. The van der Waals surface area contributed by atoms with Crippen LogP contribution in [0.15, 0.2) is 36.5 Å². The van der Waals surface area contributed by atoms with Crippen molar-refractivity contribution in [2.24, 2.45) is 0 Å². The van der Waals surface area contributed by atoms with E-state index >= 15 is 0 Å². The van der Waals surface area contributed by atoms with Crippen molar-refractivity contribution in [3.05, 3.63) is 57.8 Å². The number of fused-ring (bicyclic) bond motifs is 1. The van der Waals surface area contributed by atoms with Gasteiger partial charge in [0.25, 0.3) is 0 Å². The molecule has 0 N–H and O–H groups in total. The summed E-state index contributed by atoms with van der Waals surface area (Å²) in [5.74, 6) is 0. The van der Waals surface area contributed by atoms with Gasteiger partial charge in [0.1, 0.15) is 5.65 Å². The van der Waals surface area contributed by atoms with E-state index in [1.165, 1.54) is 5.56 Å². The molecule has 96 valence electrons. The number of pyridine rings is 1. The van der Waals surface area contributed by atoms with Crippen LogP contribution in [0.25, 0.3) is 16.9 Å². The molecule has 0 radical (unpaired) electrons. The van der Waals surface area contributed by atoms with Crippen molar-refractivity contribution in [2.75, 3.05) is 0 Å². The minimum absolute atomic E-state index is 0.555. The van der Waals surface area contributed by atoms with Crippen molar-refractivity contribution in [1.82, 2.24) is 9.38 Å². The Kier molecular flexibility index (Phi) is 3.00. The molecule has 3 aromatic rings. The zero-order chi connectivity index (χ0) is 13.6. The first-order valence-electron chi connectivity index (χ1n) is 5.96. The Morgan fingerprint density at radius 3 is 2.53 bits per heavy atom. The number of nitrogens with zero attached hydrogens (tertiary/aromatic N) is 2. The highest BCUT2D eigenvalue weighted by atomic mass is 35.5. The fourth-order valence-electron chi connectivity index (χ4n) is 2.34. The first-order chi connectivity index (χ1) is 9.06. The molecule has 0 aliphatic heterocycles. The molecule has 2 aromatic heterocycles. The highest BCUT2D eigenvalue weighted by molar-refractivity contribution is 6.42. The summed E-state index contributed by atoms with van der Waals surface area (Å²) >= 11 is 12.0. The van der Waals surface area contributed by atoms with Gasteiger partial charge in [-0.15, -0.1) is 0 Å². The van der Waals surface area contributed by atoms with Gasteiger partial charge in [0.05, 0.1) is 21.9 Å². The van der Waals surface area contributed by atoms with Gasteiger partial charge in [0.2, 0.25) is 0 Å². The number of aryl methyl sites for hydroxylation is 2. The number of hydrogen-bond acceptors (Lipinski definition) is 1. The summed E-state index contributed by atoms with van der Waals surface area (Å²) in [4.78, 5) is 4.46. The van der Waals surface area contributed by atoms with Crippen LogP contribution < -0.4 is 0 Å². The van der Waals surface area contributed by atoms with Gasteiger partial charge < -0.3 is 0 Å². The summed E-state index contributed by atoms with van der Waals surface area (Å²) in [6.07, 6.45) is 1.86. The summed E-state index contributed by atoms with van der Waals surface area (Å²) in [5, 5.41) is 1.12. The number of halogens is 2. The van der Waals surface area contributed by atoms with Crippen LogP contribution in [-0.2, 0) is 0 Å². The normalized spacial score (nSPS) is 11.2. The third-order valence-corrected chi connectivity index (χ3v) is 3.89. The van der Waals surface area contributed by atoms with Crippen LogP contribution in [-0.4, -0.2) is 9.38 Å². The van der Waals surface area contributed by atoms with E-state index in [0.29, 0.717) is 10.0 Å². The van der Waals surface area contributed by atoms with Crippen molar-refractivity contribution in [3.8, 4) is 11.3 Å². The van der Waals surface area contributed by atoms with Crippen molar-refractivity contribution >= 4 is 28.8 Å². The van der Waals surface area contributed by atoms with E-state index < -0.39 is 0 Å². The van der Waals surface area contributed by atoms with Gasteiger partial charge >= 0.3 is 0 Å². The fraction of sp³-hybridized carbons (Fsp3) is 0.133. The van der Waals surface area contributed by atoms with Crippen LogP contribution in [0.5, 0.6) is 0 Å². The Bertz CT molecular complexity index is 775. The first kappa shape index (κ1) is 12.5. The molecule has 0 fully saturated rings. The summed E-state index contributed by atoms with van der Waals surface area (Å²) in [5.41, 5.74) is 5.32. The van der Waals surface area contributed by atoms with E-state index in [1.807, 2.05) is 24.4 Å². The van der Waals surface area contributed by atoms with Crippen molar-refractivity contribution in [3.63, 3.8) is 0 Å². The molecule has 0 saturated carbocycles. The standard InChI is InChI=1S/C15H12Cl2N2/c1-9-5-10(2)19-14(8-18-15(19)6-9)11-3-4-12(16)13(17)7-11/h3-8H,1-2H3. The maximum absolute atomic E-state index is 6.09. The molecule has 0 bridgehead atoms. The molecule has 0 unspecified atom stereocenters. The molecule has 3 rings (SSSR count). The summed E-state index contributed by atoms with van der Waals surface area (Å²) in [6.45, 7) is 4.14. The number of imidazole rings is 1. The number of rotatable bonds is 1. The predicted octanol–water partition coefficient (Wildman–Crippen LogP) is 4.92. The molecule has 2 heterocycles. The van der Waals surface area contributed by atoms with Gasteiger partial charge in [0.15, 0.2) is 0 Å². The molecule has 0 spiro atoms. The number of benzene rings is 1. The molecular formula is C15H12Cl2N2. The van der Waals surface area contributed by atoms with E-state index in [9.17, 15) is 0 Å². The second-order valence-electron chi connectivity index (χ2n) is 4.64. The minimum Gasteiger partial charge on any atom is -0.297 e. The third kappa shape index (κ3) is 2.11. The van der Waals surface area contributed by atoms with E-state index in [0.717, 1.165) is 22.6 Å². The van der Waals surface area contributed by atoms with Crippen LogP contribution in [0.1, 0.15) is 11.3 Å². The molecular weight excluding hydrogens is 279 g/mol. The average Bonchev–Trinajstić information content (AvgIpc) is 2.76. The Morgan fingerprint density at radius 1 is 1.00 bits per heavy atom. The van der Waals surface area contributed by atoms with Crippen LogP contribution in [0, 0.1) is 13.8 Å². The number of aromatic nitrogens is 2. The molecule has 2 nitrogen and oxygen atoms in total. The third-order valence-electron chi connectivity index (χ3n) is 3.15. The summed E-state index contributed by atoms with van der Waals surface area (Å²) in [6, 6.07) is 9.83. The van der Waals surface area contributed by atoms with Gasteiger partial charge in [-0.2, -0.15) is 0 Å². The Morgan fingerprint density at radius 2 is 1.79 bits per heavy atom. The van der Waals surface area contributed by atoms with E-state index in [-0.39, 0.29) is 0 Å². The SMILES string of the molecule is Cc1cc(C)n2c(-c3ccc(Cl)c(Cl)c3)cnc2c1. The lowest BCUT2D eigenvalue weighted by Gasteiger charge is -2.07. The Hall–Kier alpha value is -1.51. The molecule has 0 amide bonds. The highest BCUT2D eigenvalue weighted by Gasteiger charge is 2.09. The molecule has 0 aliphatic carbocycles. The zero-order valence-electron chi connectivity index (χ0n) is 10.6. The maximum atomic E-state index is 6.09. The quantitative estimate of drug-likeness (QED) is 0.621. The van der Waals surface area contributed by atoms with Crippen LogP contribution in [0.3, 0.4) is 0 Å². The van der Waals surface area contributed by atoms with Gasteiger partial charge in [-0.05, 0) is 43.7 Å². The second kappa shape index (κ2) is 4.55. The van der Waals surface area contributed by atoms with Gasteiger partial charge in [-0.25, -0.2) is 4.98 Å². The molecule has 0 atom stereocenters. The predicted molar refractivity (Wildman–Crippen MR) is 80.1 cm³/mol. The molecule has 4 heteroatoms. The van der Waals surface area contributed by atoms with Gasteiger partial charge in [0, 0.05) is 11.3 Å². The first-order valence-corrected chi connectivity index (χ1v) is 6.72. The van der Waals surface area contributed by atoms with E-state index in [4.69, 9.17) is 23.2 Å². The van der Waals surface area contributed by atoms with E-state index in [1.54, 1.807) is 0 Å². The zero-order valence-corrected chi connectivity index (χ0v) is 12.1. The molecule has 1 aromatic carbocycles. The molecule has 0 saturated heterocycles. The van der Waals surface area contributed by atoms with Crippen molar-refractivity contribution < 1.29 is 0 Å². The molecule has 0 aliphatic rings. The Balaban J connectivity index is 2.28. The van der Waals surface area contributed by atoms with Crippen LogP contribution >= 0.6 is 23.2 Å². The summed E-state index contributed by atoms with van der Waals surface area (Å²) in [7, 11) is 0. The van der Waals surface area contributed by atoms with Crippen molar-refractivity contribution in [2.45, 2.75) is 13.8 Å². The Labute approximate surface area is 121 Å². The van der Waals surface area contributed by atoms with Crippen LogP contribution in [0.2, 0.25) is 10.0 Å². The fourth-order valence-corrected chi connectivity index (χ4v) is 2.64. The lowest BCUT2D eigenvalue weighted by molar-refractivity contribution is 1.09. The maximum Gasteiger partial charge on any atom is 0.137 e. The monoisotopic (exact) mass is 290 g/mol. The van der Waals surface area contributed by atoms with Crippen molar-refractivity contribution in [1.29, 1.82) is 0 Å². The lowest BCUT2D eigenvalue weighted by Crippen LogP contribution is -1.94.